The minimum Gasteiger partial charge on any atom is -0.0585 e. The standard InChI is InChI=1S/C12H13/c1-2-10(12-7-8-12)4-3-9(1)11-5-6-11/h1-4,11H,5-8H2. The molecule has 61 valence electrons. The van der Waals surface area contributed by atoms with E-state index in [1.54, 1.807) is 11.5 Å². The molecule has 0 heterocycles. The quantitative estimate of drug-likeness (QED) is 0.618. The minimum atomic E-state index is 0.906. The summed E-state index contributed by atoms with van der Waals surface area (Å²) < 4.78 is 0. The van der Waals surface area contributed by atoms with Crippen LogP contribution in [0.15, 0.2) is 24.3 Å². The number of hydrogen-bond donors (Lipinski definition) is 0. The summed E-state index contributed by atoms with van der Waals surface area (Å²) in [6, 6.07) is 9.24. The molecule has 2 fully saturated rings. The van der Waals surface area contributed by atoms with Crippen LogP contribution in [0.3, 0.4) is 0 Å². The molecule has 1 radical (unpaired) electrons. The van der Waals surface area contributed by atoms with Gasteiger partial charge in [-0.2, -0.15) is 0 Å². The average molecular weight is 157 g/mol. The van der Waals surface area contributed by atoms with Crippen molar-refractivity contribution in [3.63, 3.8) is 0 Å². The van der Waals surface area contributed by atoms with Crippen LogP contribution in [0.25, 0.3) is 0 Å². The molecule has 12 heavy (non-hydrogen) atoms. The van der Waals surface area contributed by atoms with Crippen molar-refractivity contribution in [2.75, 3.05) is 0 Å². The van der Waals surface area contributed by atoms with Crippen LogP contribution in [0, 0.1) is 5.92 Å². The Labute approximate surface area is 73.6 Å². The SMILES string of the molecule is c1cc(C2CC2)ccc1[C]1CC1. The zero-order valence-corrected chi connectivity index (χ0v) is 7.22. The van der Waals surface area contributed by atoms with E-state index in [1.807, 2.05) is 0 Å². The maximum atomic E-state index is 2.32. The van der Waals surface area contributed by atoms with Gasteiger partial charge in [-0.3, -0.25) is 0 Å². The fraction of sp³-hybridized carbons (Fsp3) is 0.417. The smallest absolute Gasteiger partial charge is 0.00504 e. The molecular formula is C12H13. The van der Waals surface area contributed by atoms with Crippen molar-refractivity contribution < 1.29 is 0 Å². The van der Waals surface area contributed by atoms with Gasteiger partial charge >= 0.3 is 0 Å². The van der Waals surface area contributed by atoms with Crippen molar-refractivity contribution >= 4 is 0 Å². The van der Waals surface area contributed by atoms with Crippen LogP contribution in [-0.2, 0) is 0 Å². The minimum absolute atomic E-state index is 0.906. The summed E-state index contributed by atoms with van der Waals surface area (Å²) in [6.45, 7) is 0. The Hall–Kier alpha value is -0.780. The fourth-order valence-electron chi connectivity index (χ4n) is 1.76. The summed E-state index contributed by atoms with van der Waals surface area (Å²) in [6.07, 6.45) is 5.50. The number of benzene rings is 1. The van der Waals surface area contributed by atoms with Gasteiger partial charge in [0.05, 0.1) is 0 Å². The highest BCUT2D eigenvalue weighted by molar-refractivity contribution is 5.40. The molecule has 1 aromatic carbocycles. The second-order valence-corrected chi connectivity index (χ2v) is 4.00. The third kappa shape index (κ3) is 1.16. The molecule has 0 N–H and O–H groups in total. The van der Waals surface area contributed by atoms with Gasteiger partial charge in [0.1, 0.15) is 0 Å². The zero-order valence-electron chi connectivity index (χ0n) is 7.22. The molecule has 0 spiro atoms. The molecule has 0 atom stereocenters. The van der Waals surface area contributed by atoms with Crippen LogP contribution in [0.2, 0.25) is 0 Å². The third-order valence-corrected chi connectivity index (χ3v) is 2.87. The molecule has 0 unspecified atom stereocenters. The maximum absolute atomic E-state index is 2.32. The van der Waals surface area contributed by atoms with Crippen LogP contribution < -0.4 is 0 Å². The van der Waals surface area contributed by atoms with E-state index in [0.29, 0.717) is 0 Å². The lowest BCUT2D eigenvalue weighted by Gasteiger charge is -1.99. The van der Waals surface area contributed by atoms with E-state index in [-0.39, 0.29) is 0 Å². The van der Waals surface area contributed by atoms with Gasteiger partial charge in [0.15, 0.2) is 0 Å². The Morgan fingerprint density at radius 1 is 0.917 bits per heavy atom. The second-order valence-electron chi connectivity index (χ2n) is 4.00. The van der Waals surface area contributed by atoms with Gasteiger partial charge in [-0.25, -0.2) is 0 Å². The van der Waals surface area contributed by atoms with E-state index in [9.17, 15) is 0 Å². The topological polar surface area (TPSA) is 0 Å². The zero-order chi connectivity index (χ0) is 7.97. The van der Waals surface area contributed by atoms with Gasteiger partial charge in [-0.1, -0.05) is 24.3 Å². The summed E-state index contributed by atoms with van der Waals surface area (Å²) >= 11 is 0. The van der Waals surface area contributed by atoms with E-state index < -0.39 is 0 Å². The Morgan fingerprint density at radius 3 is 2.08 bits per heavy atom. The predicted molar refractivity (Wildman–Crippen MR) is 50.0 cm³/mol. The summed E-state index contributed by atoms with van der Waals surface area (Å²) in [5.74, 6) is 2.56. The van der Waals surface area contributed by atoms with E-state index in [4.69, 9.17) is 0 Å². The molecule has 3 rings (SSSR count). The third-order valence-electron chi connectivity index (χ3n) is 2.87. The highest BCUT2D eigenvalue weighted by atomic mass is 14.3. The number of hydrogen-bond acceptors (Lipinski definition) is 0. The molecule has 0 bridgehead atoms. The fourth-order valence-corrected chi connectivity index (χ4v) is 1.76. The Balaban J connectivity index is 1.86. The van der Waals surface area contributed by atoms with E-state index >= 15 is 0 Å². The molecule has 2 saturated carbocycles. The van der Waals surface area contributed by atoms with Gasteiger partial charge in [0, 0.05) is 5.92 Å². The van der Waals surface area contributed by atoms with Gasteiger partial charge in [0.2, 0.25) is 0 Å². The second kappa shape index (κ2) is 2.35. The molecule has 0 aromatic heterocycles. The summed E-state index contributed by atoms with van der Waals surface area (Å²) in [5.41, 5.74) is 3.04. The maximum Gasteiger partial charge on any atom is 0.00504 e. The van der Waals surface area contributed by atoms with Crippen molar-refractivity contribution in [1.82, 2.24) is 0 Å². The van der Waals surface area contributed by atoms with Gasteiger partial charge in [-0.05, 0) is 42.7 Å². The summed E-state index contributed by atoms with van der Waals surface area (Å²) in [5, 5.41) is 0. The molecule has 0 heteroatoms. The first kappa shape index (κ1) is 6.71. The highest BCUT2D eigenvalue weighted by Gasteiger charge is 2.26. The van der Waals surface area contributed by atoms with Crippen molar-refractivity contribution in [3.05, 3.63) is 41.3 Å². The largest absolute Gasteiger partial charge is 0.0585 e. The molecule has 2 aliphatic carbocycles. The number of rotatable bonds is 2. The lowest BCUT2D eigenvalue weighted by atomic mass is 10.1. The summed E-state index contributed by atoms with van der Waals surface area (Å²) in [7, 11) is 0. The first-order valence-electron chi connectivity index (χ1n) is 4.88. The van der Waals surface area contributed by atoms with Crippen LogP contribution >= 0.6 is 0 Å². The van der Waals surface area contributed by atoms with Gasteiger partial charge in [0.25, 0.3) is 0 Å². The van der Waals surface area contributed by atoms with Gasteiger partial charge in [-0.15, -0.1) is 0 Å². The first-order chi connectivity index (χ1) is 5.93. The normalized spacial score (nSPS) is 22.7. The molecule has 0 nitrogen and oxygen atoms in total. The Kier molecular flexibility index (Phi) is 1.31. The molecule has 0 amide bonds. The Morgan fingerprint density at radius 2 is 1.58 bits per heavy atom. The highest BCUT2D eigenvalue weighted by Crippen LogP contribution is 2.42. The van der Waals surface area contributed by atoms with Crippen LogP contribution in [0.1, 0.15) is 42.7 Å². The van der Waals surface area contributed by atoms with Crippen molar-refractivity contribution in [3.8, 4) is 0 Å². The molecule has 2 aliphatic rings. The molecule has 1 aromatic rings. The van der Waals surface area contributed by atoms with Crippen LogP contribution in [-0.4, -0.2) is 0 Å². The molecule has 0 saturated heterocycles. The first-order valence-corrected chi connectivity index (χ1v) is 4.88. The summed E-state index contributed by atoms with van der Waals surface area (Å²) in [4.78, 5) is 0. The lowest BCUT2D eigenvalue weighted by molar-refractivity contribution is 1.13. The van der Waals surface area contributed by atoms with E-state index in [1.165, 1.54) is 31.2 Å². The van der Waals surface area contributed by atoms with E-state index in [0.717, 1.165) is 5.92 Å². The van der Waals surface area contributed by atoms with Crippen molar-refractivity contribution in [2.24, 2.45) is 0 Å². The van der Waals surface area contributed by atoms with Crippen molar-refractivity contribution in [2.45, 2.75) is 31.6 Å². The van der Waals surface area contributed by atoms with Crippen molar-refractivity contribution in [1.29, 1.82) is 0 Å². The van der Waals surface area contributed by atoms with Gasteiger partial charge < -0.3 is 0 Å². The Bertz CT molecular complexity index is 244. The van der Waals surface area contributed by atoms with Crippen LogP contribution in [0.4, 0.5) is 0 Å². The van der Waals surface area contributed by atoms with E-state index in [2.05, 4.69) is 24.3 Å². The predicted octanol–water partition coefficient (Wildman–Crippen LogP) is 3.28. The molecule has 0 aliphatic heterocycles. The monoisotopic (exact) mass is 157 g/mol. The lowest BCUT2D eigenvalue weighted by Crippen LogP contribution is -1.82. The molecular weight excluding hydrogens is 144 g/mol. The average Bonchev–Trinajstić information content (AvgIpc) is 2.98. The van der Waals surface area contributed by atoms with Crippen LogP contribution in [0.5, 0.6) is 0 Å².